The number of rotatable bonds is 1. The number of hydrogen-bond acceptors (Lipinski definition) is 3. The van der Waals surface area contributed by atoms with Crippen molar-refractivity contribution in [2.75, 3.05) is 6.61 Å². The maximum atomic E-state index is 12.4. The Morgan fingerprint density at radius 1 is 1.64 bits per heavy atom. The molecule has 1 aliphatic rings. The summed E-state index contributed by atoms with van der Waals surface area (Å²) in [6, 6.07) is 0. The molecule has 3 nitrogen and oxygen atoms in total. The van der Waals surface area contributed by atoms with Crippen molar-refractivity contribution in [3.05, 3.63) is 0 Å². The molecule has 1 aliphatic heterocycles. The van der Waals surface area contributed by atoms with Gasteiger partial charge >= 0.3 is 5.97 Å². The average molecular weight is 162 g/mol. The number of carbonyl (C=O) groups is 1. The van der Waals surface area contributed by atoms with Gasteiger partial charge in [-0.2, -0.15) is 0 Å². The lowest BCUT2D eigenvalue weighted by Crippen LogP contribution is -2.30. The number of esters is 1. The van der Waals surface area contributed by atoms with Gasteiger partial charge in [0, 0.05) is 13.3 Å². The highest BCUT2D eigenvalue weighted by Gasteiger charge is 2.22. The fraction of sp³-hybridized carbons (Fsp3) is 0.857. The third-order valence-corrected chi connectivity index (χ3v) is 1.48. The van der Waals surface area contributed by atoms with E-state index in [1.807, 2.05) is 0 Å². The largest absolute Gasteiger partial charge is 0.436 e. The van der Waals surface area contributed by atoms with Gasteiger partial charge < -0.3 is 9.47 Å². The SMILES string of the molecule is CC(=O)OC1CC[C@H](F)CO1. The van der Waals surface area contributed by atoms with Crippen LogP contribution in [0, 0.1) is 0 Å². The first-order valence-electron chi connectivity index (χ1n) is 3.61. The number of halogens is 1. The molecule has 0 radical (unpaired) electrons. The molecule has 0 bridgehead atoms. The van der Waals surface area contributed by atoms with E-state index >= 15 is 0 Å². The zero-order chi connectivity index (χ0) is 8.27. The lowest BCUT2D eigenvalue weighted by molar-refractivity contribution is -0.191. The summed E-state index contributed by atoms with van der Waals surface area (Å²) in [7, 11) is 0. The summed E-state index contributed by atoms with van der Waals surface area (Å²) in [5.41, 5.74) is 0. The predicted molar refractivity (Wildman–Crippen MR) is 35.6 cm³/mol. The molecule has 0 N–H and O–H groups in total. The van der Waals surface area contributed by atoms with E-state index in [-0.39, 0.29) is 12.6 Å². The molecule has 0 saturated carbocycles. The van der Waals surface area contributed by atoms with Crippen molar-refractivity contribution in [1.29, 1.82) is 0 Å². The van der Waals surface area contributed by atoms with E-state index in [1.165, 1.54) is 6.92 Å². The maximum Gasteiger partial charge on any atom is 0.304 e. The highest BCUT2D eigenvalue weighted by molar-refractivity contribution is 5.66. The molecule has 0 aliphatic carbocycles. The van der Waals surface area contributed by atoms with Crippen LogP contribution in [0.4, 0.5) is 4.39 Å². The van der Waals surface area contributed by atoms with E-state index in [4.69, 9.17) is 9.47 Å². The minimum Gasteiger partial charge on any atom is -0.436 e. The minimum absolute atomic E-state index is 0.0396. The van der Waals surface area contributed by atoms with Gasteiger partial charge in [0.15, 0.2) is 0 Å². The second-order valence-corrected chi connectivity index (χ2v) is 2.55. The van der Waals surface area contributed by atoms with Crippen LogP contribution in [0.15, 0.2) is 0 Å². The van der Waals surface area contributed by atoms with Crippen LogP contribution in [0.1, 0.15) is 19.8 Å². The molecule has 11 heavy (non-hydrogen) atoms. The van der Waals surface area contributed by atoms with Gasteiger partial charge in [0.25, 0.3) is 0 Å². The smallest absolute Gasteiger partial charge is 0.304 e. The van der Waals surface area contributed by atoms with Crippen molar-refractivity contribution in [2.24, 2.45) is 0 Å². The first-order valence-corrected chi connectivity index (χ1v) is 3.61. The van der Waals surface area contributed by atoms with Gasteiger partial charge in [-0.25, -0.2) is 4.39 Å². The summed E-state index contributed by atoms with van der Waals surface area (Å²) < 4.78 is 22.0. The van der Waals surface area contributed by atoms with E-state index < -0.39 is 12.5 Å². The molecule has 0 amide bonds. The van der Waals surface area contributed by atoms with E-state index in [9.17, 15) is 9.18 Å². The van der Waals surface area contributed by atoms with Gasteiger partial charge in [0.2, 0.25) is 6.29 Å². The Labute approximate surface area is 64.5 Å². The van der Waals surface area contributed by atoms with Crippen molar-refractivity contribution < 1.29 is 18.7 Å². The summed E-state index contributed by atoms with van der Waals surface area (Å²) >= 11 is 0. The molecule has 1 saturated heterocycles. The molecule has 0 aromatic heterocycles. The number of carbonyl (C=O) groups excluding carboxylic acids is 1. The fourth-order valence-electron chi connectivity index (χ4n) is 0.973. The zero-order valence-corrected chi connectivity index (χ0v) is 6.38. The number of ether oxygens (including phenoxy) is 2. The standard InChI is InChI=1S/C7H11FO3/c1-5(9)11-7-3-2-6(8)4-10-7/h6-7H,2-4H2,1H3/t6-,7?/m0/s1. The quantitative estimate of drug-likeness (QED) is 0.540. The average Bonchev–Trinajstić information content (AvgIpc) is 1.93. The molecule has 1 rings (SSSR count). The van der Waals surface area contributed by atoms with Crippen LogP contribution in [0.5, 0.6) is 0 Å². The summed E-state index contributed by atoms with van der Waals surface area (Å²) in [6.45, 7) is 1.35. The van der Waals surface area contributed by atoms with Gasteiger partial charge in [-0.05, 0) is 6.42 Å². The summed E-state index contributed by atoms with van der Waals surface area (Å²) in [6.07, 6.45) is -0.556. The van der Waals surface area contributed by atoms with Crippen molar-refractivity contribution in [3.8, 4) is 0 Å². The van der Waals surface area contributed by atoms with Crippen LogP contribution in [0.25, 0.3) is 0 Å². The Morgan fingerprint density at radius 2 is 2.36 bits per heavy atom. The maximum absolute atomic E-state index is 12.4. The molecule has 2 atom stereocenters. The van der Waals surface area contributed by atoms with Crippen LogP contribution >= 0.6 is 0 Å². The predicted octanol–water partition coefficient (Wildman–Crippen LogP) is 1.02. The van der Waals surface area contributed by atoms with Gasteiger partial charge in [0.1, 0.15) is 6.17 Å². The zero-order valence-electron chi connectivity index (χ0n) is 6.38. The Hall–Kier alpha value is -0.640. The van der Waals surface area contributed by atoms with Gasteiger partial charge in [0.05, 0.1) is 6.61 Å². The molecule has 1 unspecified atom stereocenters. The molecule has 0 aromatic rings. The topological polar surface area (TPSA) is 35.5 Å². The Kier molecular flexibility index (Phi) is 2.82. The highest BCUT2D eigenvalue weighted by Crippen LogP contribution is 2.16. The Balaban J connectivity index is 2.22. The van der Waals surface area contributed by atoms with Crippen molar-refractivity contribution in [2.45, 2.75) is 32.2 Å². The van der Waals surface area contributed by atoms with E-state index in [1.54, 1.807) is 0 Å². The van der Waals surface area contributed by atoms with E-state index in [0.29, 0.717) is 12.8 Å². The highest BCUT2D eigenvalue weighted by atomic mass is 19.1. The van der Waals surface area contributed by atoms with Gasteiger partial charge in [-0.1, -0.05) is 0 Å². The second kappa shape index (κ2) is 3.67. The second-order valence-electron chi connectivity index (χ2n) is 2.55. The van der Waals surface area contributed by atoms with Crippen molar-refractivity contribution in [1.82, 2.24) is 0 Å². The third-order valence-electron chi connectivity index (χ3n) is 1.48. The molecule has 0 aromatic carbocycles. The molecular weight excluding hydrogens is 151 g/mol. The minimum atomic E-state index is -0.901. The molecule has 64 valence electrons. The van der Waals surface area contributed by atoms with Crippen LogP contribution in [0.3, 0.4) is 0 Å². The van der Waals surface area contributed by atoms with Gasteiger partial charge in [-0.15, -0.1) is 0 Å². The number of hydrogen-bond donors (Lipinski definition) is 0. The molecular formula is C7H11FO3. The van der Waals surface area contributed by atoms with Crippen LogP contribution in [-0.4, -0.2) is 25.0 Å². The van der Waals surface area contributed by atoms with E-state index in [0.717, 1.165) is 0 Å². The monoisotopic (exact) mass is 162 g/mol. The van der Waals surface area contributed by atoms with Crippen molar-refractivity contribution in [3.63, 3.8) is 0 Å². The van der Waals surface area contributed by atoms with Crippen LogP contribution in [0.2, 0.25) is 0 Å². The lowest BCUT2D eigenvalue weighted by Gasteiger charge is -2.23. The third kappa shape index (κ3) is 2.84. The summed E-state index contributed by atoms with van der Waals surface area (Å²) in [5, 5.41) is 0. The molecule has 4 heteroatoms. The first kappa shape index (κ1) is 8.46. The lowest BCUT2D eigenvalue weighted by atomic mass is 10.2. The molecule has 1 fully saturated rings. The van der Waals surface area contributed by atoms with E-state index in [2.05, 4.69) is 0 Å². The van der Waals surface area contributed by atoms with Gasteiger partial charge in [-0.3, -0.25) is 4.79 Å². The number of alkyl halides is 1. The summed E-state index contributed by atoms with van der Waals surface area (Å²) in [5.74, 6) is -0.382. The van der Waals surface area contributed by atoms with Crippen molar-refractivity contribution >= 4 is 5.97 Å². The van der Waals surface area contributed by atoms with Crippen LogP contribution < -0.4 is 0 Å². The molecule has 1 heterocycles. The Morgan fingerprint density at radius 3 is 2.82 bits per heavy atom. The summed E-state index contributed by atoms with van der Waals surface area (Å²) in [4.78, 5) is 10.4. The Bertz CT molecular complexity index is 141. The normalized spacial score (nSPS) is 31.5. The fourth-order valence-corrected chi connectivity index (χ4v) is 0.973. The molecule has 0 spiro atoms. The van der Waals surface area contributed by atoms with Crippen LogP contribution in [-0.2, 0) is 14.3 Å². The first-order chi connectivity index (χ1) is 5.18.